The molecule has 0 radical (unpaired) electrons. The third-order valence-electron chi connectivity index (χ3n) is 4.09. The van der Waals surface area contributed by atoms with Gasteiger partial charge in [-0.15, -0.1) is 0 Å². The van der Waals surface area contributed by atoms with Crippen LogP contribution in [0.25, 0.3) is 0 Å². The summed E-state index contributed by atoms with van der Waals surface area (Å²) in [4.78, 5) is 4.87. The van der Waals surface area contributed by atoms with Crippen molar-refractivity contribution < 1.29 is 9.84 Å². The van der Waals surface area contributed by atoms with Crippen molar-refractivity contribution in [3.05, 3.63) is 0 Å². The van der Waals surface area contributed by atoms with Gasteiger partial charge in [0, 0.05) is 32.2 Å². The van der Waals surface area contributed by atoms with Crippen LogP contribution < -0.4 is 0 Å². The van der Waals surface area contributed by atoms with E-state index in [2.05, 4.69) is 16.7 Å². The fourth-order valence-corrected chi connectivity index (χ4v) is 2.74. The number of ether oxygens (including phenoxy) is 1. The van der Waals surface area contributed by atoms with Gasteiger partial charge in [0.2, 0.25) is 0 Å². The minimum absolute atomic E-state index is 0.265. The molecule has 4 heteroatoms. The first-order chi connectivity index (χ1) is 8.33. The first-order valence-electron chi connectivity index (χ1n) is 7.02. The van der Waals surface area contributed by atoms with Gasteiger partial charge in [0.15, 0.2) is 0 Å². The first kappa shape index (κ1) is 13.3. The normalized spacial score (nSPS) is 27.4. The molecule has 1 aliphatic carbocycles. The van der Waals surface area contributed by atoms with Crippen molar-refractivity contribution >= 4 is 0 Å². The highest BCUT2D eigenvalue weighted by Crippen LogP contribution is 2.25. The van der Waals surface area contributed by atoms with Crippen LogP contribution >= 0.6 is 0 Å². The standard InChI is InChI=1S/C13H26N2O2/c1-2-14-7-9-17-13(10-14)11-15(6-8-16)12-4-3-5-12/h12-13,16H,2-11H2,1H3. The molecule has 1 aliphatic heterocycles. The van der Waals surface area contributed by atoms with Crippen LogP contribution in [0.1, 0.15) is 26.2 Å². The Balaban J connectivity index is 1.79. The first-order valence-corrected chi connectivity index (χ1v) is 7.02. The van der Waals surface area contributed by atoms with Crippen LogP contribution in [0.4, 0.5) is 0 Å². The van der Waals surface area contributed by atoms with Gasteiger partial charge in [0.1, 0.15) is 0 Å². The predicted molar refractivity (Wildman–Crippen MR) is 68.2 cm³/mol. The van der Waals surface area contributed by atoms with Crippen molar-refractivity contribution in [2.45, 2.75) is 38.3 Å². The van der Waals surface area contributed by atoms with E-state index in [1.807, 2.05) is 0 Å². The summed E-state index contributed by atoms with van der Waals surface area (Å²) < 4.78 is 5.84. The molecule has 1 saturated heterocycles. The highest BCUT2D eigenvalue weighted by atomic mass is 16.5. The molecule has 1 N–H and O–H groups in total. The molecule has 0 aromatic carbocycles. The highest BCUT2D eigenvalue weighted by molar-refractivity contribution is 4.83. The highest BCUT2D eigenvalue weighted by Gasteiger charge is 2.28. The lowest BCUT2D eigenvalue weighted by Gasteiger charge is -2.41. The van der Waals surface area contributed by atoms with E-state index in [4.69, 9.17) is 9.84 Å². The minimum atomic E-state index is 0.265. The van der Waals surface area contributed by atoms with Crippen LogP contribution in [-0.2, 0) is 4.74 Å². The lowest BCUT2D eigenvalue weighted by molar-refractivity contribution is -0.0542. The molecule has 0 amide bonds. The van der Waals surface area contributed by atoms with Crippen LogP contribution in [0.3, 0.4) is 0 Å². The van der Waals surface area contributed by atoms with Gasteiger partial charge in [-0.1, -0.05) is 13.3 Å². The van der Waals surface area contributed by atoms with Crippen molar-refractivity contribution in [3.8, 4) is 0 Å². The Labute approximate surface area is 105 Å². The van der Waals surface area contributed by atoms with Gasteiger partial charge < -0.3 is 9.84 Å². The number of likely N-dealkylation sites (N-methyl/N-ethyl adjacent to an activating group) is 1. The molecule has 1 atom stereocenters. The maximum absolute atomic E-state index is 9.14. The summed E-state index contributed by atoms with van der Waals surface area (Å²) in [5, 5.41) is 9.14. The Kier molecular flexibility index (Phi) is 5.22. The molecule has 2 fully saturated rings. The minimum Gasteiger partial charge on any atom is -0.395 e. The molecule has 0 spiro atoms. The van der Waals surface area contributed by atoms with Gasteiger partial charge in [-0.05, 0) is 19.4 Å². The number of morpholine rings is 1. The third-order valence-corrected chi connectivity index (χ3v) is 4.09. The zero-order valence-electron chi connectivity index (χ0n) is 11.0. The van der Waals surface area contributed by atoms with Crippen molar-refractivity contribution in [1.29, 1.82) is 0 Å². The molecule has 1 unspecified atom stereocenters. The molecule has 0 aromatic heterocycles. The number of rotatable bonds is 6. The summed E-state index contributed by atoms with van der Waals surface area (Å²) in [7, 11) is 0. The summed E-state index contributed by atoms with van der Waals surface area (Å²) in [6.07, 6.45) is 4.27. The molecule has 17 heavy (non-hydrogen) atoms. The third kappa shape index (κ3) is 3.65. The van der Waals surface area contributed by atoms with E-state index in [-0.39, 0.29) is 6.61 Å². The second-order valence-corrected chi connectivity index (χ2v) is 5.19. The quantitative estimate of drug-likeness (QED) is 0.738. The van der Waals surface area contributed by atoms with E-state index < -0.39 is 0 Å². The average Bonchev–Trinajstić information content (AvgIpc) is 2.27. The molecule has 0 bridgehead atoms. The van der Waals surface area contributed by atoms with Crippen molar-refractivity contribution in [2.75, 3.05) is 45.9 Å². The zero-order valence-corrected chi connectivity index (χ0v) is 11.0. The summed E-state index contributed by atoms with van der Waals surface area (Å²) in [5.41, 5.74) is 0. The zero-order chi connectivity index (χ0) is 12.1. The molecule has 2 rings (SSSR count). The Morgan fingerprint density at radius 2 is 2.24 bits per heavy atom. The summed E-state index contributed by atoms with van der Waals surface area (Å²) in [6, 6.07) is 0.697. The fourth-order valence-electron chi connectivity index (χ4n) is 2.74. The summed E-state index contributed by atoms with van der Waals surface area (Å²) in [5.74, 6) is 0. The molecule has 100 valence electrons. The molecular weight excluding hydrogens is 216 g/mol. The Bertz CT molecular complexity index is 221. The maximum Gasteiger partial charge on any atom is 0.0829 e. The van der Waals surface area contributed by atoms with Crippen LogP contribution in [0, 0.1) is 0 Å². The second-order valence-electron chi connectivity index (χ2n) is 5.19. The van der Waals surface area contributed by atoms with E-state index in [0.717, 1.165) is 39.3 Å². The van der Waals surface area contributed by atoms with E-state index in [0.29, 0.717) is 12.1 Å². The summed E-state index contributed by atoms with van der Waals surface area (Å²) >= 11 is 0. The second kappa shape index (κ2) is 6.69. The van der Waals surface area contributed by atoms with E-state index in [1.165, 1.54) is 19.3 Å². The van der Waals surface area contributed by atoms with Crippen molar-refractivity contribution in [3.63, 3.8) is 0 Å². The van der Waals surface area contributed by atoms with E-state index in [9.17, 15) is 0 Å². The number of aliphatic hydroxyl groups is 1. The molecule has 0 aromatic rings. The smallest absolute Gasteiger partial charge is 0.0829 e. The van der Waals surface area contributed by atoms with Crippen molar-refractivity contribution in [2.24, 2.45) is 0 Å². The van der Waals surface area contributed by atoms with Crippen LogP contribution in [0.15, 0.2) is 0 Å². The topological polar surface area (TPSA) is 35.9 Å². The van der Waals surface area contributed by atoms with Gasteiger partial charge in [-0.3, -0.25) is 9.80 Å². The maximum atomic E-state index is 9.14. The van der Waals surface area contributed by atoms with Crippen LogP contribution in [0.2, 0.25) is 0 Å². The number of hydrogen-bond donors (Lipinski definition) is 1. The van der Waals surface area contributed by atoms with Crippen molar-refractivity contribution in [1.82, 2.24) is 9.80 Å². The average molecular weight is 242 g/mol. The largest absolute Gasteiger partial charge is 0.395 e. The lowest BCUT2D eigenvalue weighted by Crippen LogP contribution is -2.51. The molecule has 4 nitrogen and oxygen atoms in total. The lowest BCUT2D eigenvalue weighted by atomic mass is 9.91. The predicted octanol–water partition coefficient (Wildman–Crippen LogP) is 0.554. The van der Waals surface area contributed by atoms with Gasteiger partial charge in [-0.25, -0.2) is 0 Å². The number of aliphatic hydroxyl groups excluding tert-OH is 1. The van der Waals surface area contributed by atoms with Gasteiger partial charge in [-0.2, -0.15) is 0 Å². The monoisotopic (exact) mass is 242 g/mol. The number of nitrogens with zero attached hydrogens (tertiary/aromatic N) is 2. The summed E-state index contributed by atoms with van der Waals surface area (Å²) in [6.45, 7) is 8.35. The molecule has 2 aliphatic rings. The molecule has 1 heterocycles. The Morgan fingerprint density at radius 1 is 1.41 bits per heavy atom. The van der Waals surface area contributed by atoms with Crippen LogP contribution in [0.5, 0.6) is 0 Å². The van der Waals surface area contributed by atoms with Gasteiger partial charge in [0.25, 0.3) is 0 Å². The van der Waals surface area contributed by atoms with Crippen LogP contribution in [-0.4, -0.2) is 73.0 Å². The van der Waals surface area contributed by atoms with E-state index >= 15 is 0 Å². The van der Waals surface area contributed by atoms with Gasteiger partial charge in [0.05, 0.1) is 19.3 Å². The Hall–Kier alpha value is -0.160. The number of hydrogen-bond acceptors (Lipinski definition) is 4. The van der Waals surface area contributed by atoms with Gasteiger partial charge >= 0.3 is 0 Å². The molecular formula is C13H26N2O2. The molecule has 1 saturated carbocycles. The SMILES string of the molecule is CCN1CCOC(CN(CCO)C2CCC2)C1. The Morgan fingerprint density at radius 3 is 2.82 bits per heavy atom. The fraction of sp³-hybridized carbons (Fsp3) is 1.00. The van der Waals surface area contributed by atoms with E-state index in [1.54, 1.807) is 0 Å².